The van der Waals surface area contributed by atoms with Crippen molar-refractivity contribution in [3.8, 4) is 0 Å². The Hall–Kier alpha value is -1.81. The predicted molar refractivity (Wildman–Crippen MR) is 85.2 cm³/mol. The van der Waals surface area contributed by atoms with Crippen LogP contribution in [0, 0.1) is 0 Å². The van der Waals surface area contributed by atoms with Gasteiger partial charge in [0.05, 0.1) is 11.6 Å². The molecule has 1 heterocycles. The molecule has 0 atom stereocenters. The van der Waals surface area contributed by atoms with Gasteiger partial charge in [0, 0.05) is 12.7 Å². The Kier molecular flexibility index (Phi) is 5.39. The minimum Gasteiger partial charge on any atom is -0.462 e. The summed E-state index contributed by atoms with van der Waals surface area (Å²) in [5, 5.41) is 4.57. The Bertz CT molecular complexity index is 602. The van der Waals surface area contributed by atoms with Gasteiger partial charge < -0.3 is 14.6 Å². The van der Waals surface area contributed by atoms with Crippen LogP contribution in [0.5, 0.6) is 0 Å². The molecule has 114 valence electrons. The summed E-state index contributed by atoms with van der Waals surface area (Å²) in [7, 11) is 0. The van der Waals surface area contributed by atoms with Gasteiger partial charge in [-0.05, 0) is 43.8 Å². The van der Waals surface area contributed by atoms with Gasteiger partial charge in [-0.15, -0.1) is 0 Å². The van der Waals surface area contributed by atoms with Crippen LogP contribution in [0.1, 0.15) is 32.8 Å². The van der Waals surface area contributed by atoms with E-state index >= 15 is 0 Å². The standard InChI is InChI=1S/C17H24N2O2/c1-4-9-18-11-15-7-5-6-14-8-10-19(17(14)15)12-16(20)21-13(2)3/h5-8,10,13,18H,4,9,11-12H2,1-3H3. The SMILES string of the molecule is CCCNCc1cccc2ccn(CC(=O)OC(C)C)c12. The fraction of sp³-hybridized carbons (Fsp3) is 0.471. The monoisotopic (exact) mass is 288 g/mol. The molecule has 4 nitrogen and oxygen atoms in total. The Balaban J connectivity index is 2.21. The second-order valence-electron chi connectivity index (χ2n) is 5.51. The number of hydrogen-bond acceptors (Lipinski definition) is 3. The van der Waals surface area contributed by atoms with Crippen LogP contribution in [0.4, 0.5) is 0 Å². The highest BCUT2D eigenvalue weighted by Gasteiger charge is 2.11. The molecular weight excluding hydrogens is 264 g/mol. The van der Waals surface area contributed by atoms with Crippen molar-refractivity contribution in [2.45, 2.75) is 46.4 Å². The molecular formula is C17H24N2O2. The number of carbonyl (C=O) groups is 1. The molecule has 0 aliphatic rings. The smallest absolute Gasteiger partial charge is 0.326 e. The average molecular weight is 288 g/mol. The lowest BCUT2D eigenvalue weighted by atomic mass is 10.1. The van der Waals surface area contributed by atoms with Crippen LogP contribution in [0.15, 0.2) is 30.5 Å². The molecule has 2 aromatic rings. The molecule has 0 amide bonds. The van der Waals surface area contributed by atoms with E-state index in [1.165, 1.54) is 5.56 Å². The highest BCUT2D eigenvalue weighted by Crippen LogP contribution is 2.20. The number of ether oxygens (including phenoxy) is 1. The quantitative estimate of drug-likeness (QED) is 0.629. The van der Waals surface area contributed by atoms with E-state index in [1.54, 1.807) is 0 Å². The van der Waals surface area contributed by atoms with Crippen molar-refractivity contribution in [3.63, 3.8) is 0 Å². The molecule has 0 fully saturated rings. The zero-order valence-corrected chi connectivity index (χ0v) is 13.1. The number of nitrogens with one attached hydrogen (secondary N) is 1. The number of nitrogens with zero attached hydrogens (tertiary/aromatic N) is 1. The number of para-hydroxylation sites is 1. The van der Waals surface area contributed by atoms with Gasteiger partial charge in [-0.1, -0.05) is 25.1 Å². The minimum absolute atomic E-state index is 0.0787. The summed E-state index contributed by atoms with van der Waals surface area (Å²) in [5.41, 5.74) is 2.32. The predicted octanol–water partition coefficient (Wildman–Crippen LogP) is 3.09. The number of fused-ring (bicyclic) bond motifs is 1. The zero-order chi connectivity index (χ0) is 15.2. The first kappa shape index (κ1) is 15.6. The first-order valence-electron chi connectivity index (χ1n) is 7.58. The van der Waals surface area contributed by atoms with Crippen LogP contribution in [0.3, 0.4) is 0 Å². The lowest BCUT2D eigenvalue weighted by Crippen LogP contribution is -2.18. The van der Waals surface area contributed by atoms with E-state index in [4.69, 9.17) is 4.74 Å². The van der Waals surface area contributed by atoms with E-state index < -0.39 is 0 Å². The minimum atomic E-state index is -0.196. The Morgan fingerprint density at radius 2 is 2.14 bits per heavy atom. The molecule has 1 aromatic heterocycles. The Morgan fingerprint density at radius 3 is 2.86 bits per heavy atom. The van der Waals surface area contributed by atoms with Crippen molar-refractivity contribution in [2.75, 3.05) is 6.54 Å². The maximum Gasteiger partial charge on any atom is 0.326 e. The number of benzene rings is 1. The summed E-state index contributed by atoms with van der Waals surface area (Å²) in [6.07, 6.45) is 2.98. The van der Waals surface area contributed by atoms with E-state index in [9.17, 15) is 4.79 Å². The molecule has 0 aliphatic heterocycles. The first-order chi connectivity index (χ1) is 10.1. The third-order valence-electron chi connectivity index (χ3n) is 3.28. The maximum atomic E-state index is 11.9. The summed E-state index contributed by atoms with van der Waals surface area (Å²) in [4.78, 5) is 11.9. The highest BCUT2D eigenvalue weighted by molar-refractivity contribution is 5.85. The van der Waals surface area contributed by atoms with Crippen molar-refractivity contribution in [1.29, 1.82) is 0 Å². The van der Waals surface area contributed by atoms with Gasteiger partial charge in [0.25, 0.3) is 0 Å². The third kappa shape index (κ3) is 4.08. The number of esters is 1. The molecule has 0 unspecified atom stereocenters. The Morgan fingerprint density at radius 1 is 1.33 bits per heavy atom. The van der Waals surface area contributed by atoms with Gasteiger partial charge in [-0.3, -0.25) is 4.79 Å². The molecule has 0 saturated carbocycles. The van der Waals surface area contributed by atoms with Crippen LogP contribution in [0.2, 0.25) is 0 Å². The molecule has 21 heavy (non-hydrogen) atoms. The van der Waals surface area contributed by atoms with Crippen LogP contribution >= 0.6 is 0 Å². The van der Waals surface area contributed by atoms with Crippen LogP contribution < -0.4 is 5.32 Å². The Labute approximate surface area is 126 Å². The number of carbonyl (C=O) groups excluding carboxylic acids is 1. The molecule has 1 aromatic carbocycles. The van der Waals surface area contributed by atoms with Crippen molar-refractivity contribution in [1.82, 2.24) is 9.88 Å². The van der Waals surface area contributed by atoms with Crippen LogP contribution in [0.25, 0.3) is 10.9 Å². The fourth-order valence-electron chi connectivity index (χ4n) is 2.45. The zero-order valence-electron chi connectivity index (χ0n) is 13.1. The van der Waals surface area contributed by atoms with E-state index in [-0.39, 0.29) is 18.6 Å². The maximum absolute atomic E-state index is 11.9. The summed E-state index contributed by atoms with van der Waals surface area (Å²) in [6, 6.07) is 8.28. The number of rotatable bonds is 7. The highest BCUT2D eigenvalue weighted by atomic mass is 16.5. The molecule has 1 N–H and O–H groups in total. The van der Waals surface area contributed by atoms with Crippen molar-refractivity contribution < 1.29 is 9.53 Å². The van der Waals surface area contributed by atoms with Gasteiger partial charge >= 0.3 is 5.97 Å². The van der Waals surface area contributed by atoms with Crippen molar-refractivity contribution in [3.05, 3.63) is 36.0 Å². The number of aromatic nitrogens is 1. The number of hydrogen-bond donors (Lipinski definition) is 1. The van der Waals surface area contributed by atoms with Gasteiger partial charge in [0.15, 0.2) is 0 Å². The lowest BCUT2D eigenvalue weighted by Gasteiger charge is -2.12. The summed E-state index contributed by atoms with van der Waals surface area (Å²) < 4.78 is 7.21. The van der Waals surface area contributed by atoms with E-state index in [0.717, 1.165) is 30.4 Å². The largest absolute Gasteiger partial charge is 0.462 e. The van der Waals surface area contributed by atoms with Gasteiger partial charge in [0.2, 0.25) is 0 Å². The summed E-state index contributed by atoms with van der Waals surface area (Å²) in [6.45, 7) is 7.95. The van der Waals surface area contributed by atoms with Crippen molar-refractivity contribution >= 4 is 16.9 Å². The van der Waals surface area contributed by atoms with Gasteiger partial charge in [-0.2, -0.15) is 0 Å². The summed E-state index contributed by atoms with van der Waals surface area (Å²) in [5.74, 6) is -0.196. The molecule has 4 heteroatoms. The fourth-order valence-corrected chi connectivity index (χ4v) is 2.45. The topological polar surface area (TPSA) is 43.3 Å². The second kappa shape index (κ2) is 7.27. The van der Waals surface area contributed by atoms with Crippen molar-refractivity contribution in [2.24, 2.45) is 0 Å². The lowest BCUT2D eigenvalue weighted by molar-refractivity contribution is -0.148. The first-order valence-corrected chi connectivity index (χ1v) is 7.58. The molecule has 0 radical (unpaired) electrons. The molecule has 0 bridgehead atoms. The van der Waals surface area contributed by atoms with Crippen LogP contribution in [-0.4, -0.2) is 23.2 Å². The van der Waals surface area contributed by atoms with Gasteiger partial charge in [-0.25, -0.2) is 0 Å². The van der Waals surface area contributed by atoms with Crippen LogP contribution in [-0.2, 0) is 22.6 Å². The normalized spacial score (nSPS) is 11.2. The van der Waals surface area contributed by atoms with E-state index in [0.29, 0.717) is 0 Å². The third-order valence-corrected chi connectivity index (χ3v) is 3.28. The molecule has 2 rings (SSSR count). The average Bonchev–Trinajstić information content (AvgIpc) is 2.82. The second-order valence-corrected chi connectivity index (χ2v) is 5.51. The molecule has 0 aliphatic carbocycles. The molecule has 0 saturated heterocycles. The summed E-state index contributed by atoms with van der Waals surface area (Å²) >= 11 is 0. The van der Waals surface area contributed by atoms with Gasteiger partial charge in [0.1, 0.15) is 6.54 Å². The van der Waals surface area contributed by atoms with E-state index in [1.807, 2.05) is 30.7 Å². The molecule has 0 spiro atoms. The van der Waals surface area contributed by atoms with E-state index in [2.05, 4.69) is 30.4 Å².